The Hall–Kier alpha value is -1.36. The fourth-order valence-electron chi connectivity index (χ4n) is 2.25. The van der Waals surface area contributed by atoms with E-state index in [2.05, 4.69) is 27.1 Å². The van der Waals surface area contributed by atoms with Crippen molar-refractivity contribution in [1.82, 2.24) is 14.9 Å². The smallest absolute Gasteiger partial charge is 0.152 e. The summed E-state index contributed by atoms with van der Waals surface area (Å²) in [5, 5.41) is 3.30. The van der Waals surface area contributed by atoms with Gasteiger partial charge in [-0.05, 0) is 25.9 Å². The van der Waals surface area contributed by atoms with Gasteiger partial charge in [0.2, 0.25) is 0 Å². The molecular weight excluding hydrogens is 202 g/mol. The average Bonchev–Trinajstić information content (AvgIpc) is 2.75. The lowest BCUT2D eigenvalue weighted by Crippen LogP contribution is -2.34. The van der Waals surface area contributed by atoms with Crippen LogP contribution in [0.3, 0.4) is 0 Å². The summed E-state index contributed by atoms with van der Waals surface area (Å²) in [5.74, 6) is 0.748. The topological polar surface area (TPSA) is 67.1 Å². The summed E-state index contributed by atoms with van der Waals surface area (Å²) >= 11 is 0. The van der Waals surface area contributed by atoms with Crippen molar-refractivity contribution in [2.24, 2.45) is 0 Å². The number of rotatable bonds is 4. The molecule has 0 amide bonds. The van der Waals surface area contributed by atoms with E-state index < -0.39 is 0 Å². The van der Waals surface area contributed by atoms with Crippen LogP contribution in [-0.4, -0.2) is 40.5 Å². The molecule has 0 bridgehead atoms. The number of nitrogens with two attached hydrogens (primary N) is 1. The number of hydrogen-bond donors (Lipinski definition) is 2. The van der Waals surface area contributed by atoms with E-state index in [1.807, 2.05) is 0 Å². The highest BCUT2D eigenvalue weighted by atomic mass is 15.2. The highest BCUT2D eigenvalue weighted by Gasteiger charge is 2.22. The Morgan fingerprint density at radius 2 is 2.50 bits per heavy atom. The van der Waals surface area contributed by atoms with Crippen LogP contribution >= 0.6 is 0 Å². The Morgan fingerprint density at radius 1 is 1.62 bits per heavy atom. The second kappa shape index (κ2) is 5.12. The first-order valence-corrected chi connectivity index (χ1v) is 5.84. The molecule has 0 radical (unpaired) electrons. The molecule has 16 heavy (non-hydrogen) atoms. The molecule has 1 aliphatic rings. The fraction of sp³-hybridized carbons (Fsp3) is 0.636. The number of likely N-dealkylation sites (tertiary alicyclic amines) is 1. The Labute approximate surface area is 96.1 Å². The third-order valence-electron chi connectivity index (χ3n) is 3.15. The lowest BCUT2D eigenvalue weighted by Gasteiger charge is -2.23. The maximum absolute atomic E-state index is 5.77. The molecule has 5 heteroatoms. The molecule has 1 atom stereocenters. The van der Waals surface area contributed by atoms with Gasteiger partial charge in [0.15, 0.2) is 5.82 Å². The van der Waals surface area contributed by atoms with Crippen molar-refractivity contribution in [3.63, 3.8) is 0 Å². The first-order chi connectivity index (χ1) is 7.81. The Morgan fingerprint density at radius 3 is 3.25 bits per heavy atom. The minimum absolute atomic E-state index is 0.611. The summed E-state index contributed by atoms with van der Waals surface area (Å²) in [6.07, 6.45) is 5.69. The predicted molar refractivity (Wildman–Crippen MR) is 65.2 cm³/mol. The highest BCUT2D eigenvalue weighted by Crippen LogP contribution is 2.18. The quantitative estimate of drug-likeness (QED) is 0.792. The fourth-order valence-corrected chi connectivity index (χ4v) is 2.25. The number of aromatic nitrogens is 2. The normalized spacial score (nSPS) is 21.2. The van der Waals surface area contributed by atoms with Crippen LogP contribution in [-0.2, 0) is 0 Å². The molecule has 2 rings (SSSR count). The lowest BCUT2D eigenvalue weighted by atomic mass is 10.2. The van der Waals surface area contributed by atoms with Gasteiger partial charge in [-0.1, -0.05) is 6.92 Å². The molecule has 88 valence electrons. The zero-order chi connectivity index (χ0) is 11.4. The molecule has 0 spiro atoms. The zero-order valence-electron chi connectivity index (χ0n) is 9.69. The first-order valence-electron chi connectivity index (χ1n) is 5.84. The van der Waals surface area contributed by atoms with E-state index in [0.29, 0.717) is 11.7 Å². The van der Waals surface area contributed by atoms with Crippen molar-refractivity contribution in [1.29, 1.82) is 0 Å². The predicted octanol–water partition coefficient (Wildman–Crippen LogP) is 0.955. The number of anilines is 2. The van der Waals surface area contributed by atoms with Crippen LogP contribution in [0.1, 0.15) is 19.8 Å². The van der Waals surface area contributed by atoms with Gasteiger partial charge in [0.1, 0.15) is 6.33 Å². The van der Waals surface area contributed by atoms with E-state index in [9.17, 15) is 0 Å². The maximum Gasteiger partial charge on any atom is 0.152 e. The molecule has 1 aromatic heterocycles. The number of likely N-dealkylation sites (N-methyl/N-ethyl adjacent to an activating group) is 1. The van der Waals surface area contributed by atoms with Crippen molar-refractivity contribution >= 4 is 11.5 Å². The van der Waals surface area contributed by atoms with Crippen LogP contribution in [0.4, 0.5) is 11.5 Å². The molecule has 5 nitrogen and oxygen atoms in total. The van der Waals surface area contributed by atoms with Crippen LogP contribution in [0.15, 0.2) is 12.5 Å². The molecule has 1 aromatic rings. The van der Waals surface area contributed by atoms with Crippen LogP contribution in [0, 0.1) is 0 Å². The molecule has 1 unspecified atom stereocenters. The van der Waals surface area contributed by atoms with Gasteiger partial charge >= 0.3 is 0 Å². The van der Waals surface area contributed by atoms with Crippen molar-refractivity contribution in [3.8, 4) is 0 Å². The molecule has 1 fully saturated rings. The van der Waals surface area contributed by atoms with Crippen molar-refractivity contribution in [2.75, 3.05) is 30.7 Å². The minimum atomic E-state index is 0.611. The van der Waals surface area contributed by atoms with Crippen molar-refractivity contribution in [3.05, 3.63) is 12.5 Å². The van der Waals surface area contributed by atoms with E-state index >= 15 is 0 Å². The van der Waals surface area contributed by atoms with E-state index in [0.717, 1.165) is 18.9 Å². The molecular formula is C11H19N5. The number of hydrogen-bond acceptors (Lipinski definition) is 5. The largest absolute Gasteiger partial charge is 0.394 e. The second-order valence-electron chi connectivity index (χ2n) is 4.13. The van der Waals surface area contributed by atoms with E-state index in [1.54, 1.807) is 6.20 Å². The monoisotopic (exact) mass is 221 g/mol. The Balaban J connectivity index is 1.90. The number of nitrogen functional groups attached to an aromatic ring is 1. The van der Waals surface area contributed by atoms with Gasteiger partial charge in [-0.15, -0.1) is 0 Å². The van der Waals surface area contributed by atoms with Crippen LogP contribution in [0.5, 0.6) is 0 Å². The van der Waals surface area contributed by atoms with E-state index in [4.69, 9.17) is 5.73 Å². The Bertz CT molecular complexity index is 341. The third-order valence-corrected chi connectivity index (χ3v) is 3.15. The lowest BCUT2D eigenvalue weighted by molar-refractivity contribution is 0.277. The molecule has 0 aliphatic carbocycles. The second-order valence-corrected chi connectivity index (χ2v) is 4.13. The Kier molecular flexibility index (Phi) is 3.56. The van der Waals surface area contributed by atoms with E-state index in [1.165, 1.54) is 25.7 Å². The molecule has 3 N–H and O–H groups in total. The maximum atomic E-state index is 5.77. The van der Waals surface area contributed by atoms with E-state index in [-0.39, 0.29) is 0 Å². The SMILES string of the molecule is CCN1CCCC1CNc1ncncc1N. The molecule has 1 saturated heterocycles. The molecule has 0 aromatic carbocycles. The summed E-state index contributed by atoms with van der Waals surface area (Å²) < 4.78 is 0. The van der Waals surface area contributed by atoms with Gasteiger partial charge < -0.3 is 11.1 Å². The molecule has 1 aliphatic heterocycles. The standard InChI is InChI=1S/C11H19N5/c1-2-16-5-3-4-9(16)6-14-11-10(12)7-13-8-15-11/h7-9H,2-6,12H2,1H3,(H,13,14,15). The van der Waals surface area contributed by atoms with Gasteiger partial charge in [0.25, 0.3) is 0 Å². The first kappa shape index (κ1) is 11.1. The summed E-state index contributed by atoms with van der Waals surface area (Å²) in [5.41, 5.74) is 6.39. The van der Waals surface area contributed by atoms with Gasteiger partial charge in [-0.3, -0.25) is 4.90 Å². The minimum Gasteiger partial charge on any atom is -0.394 e. The average molecular weight is 221 g/mol. The van der Waals surface area contributed by atoms with Gasteiger partial charge in [-0.25, -0.2) is 9.97 Å². The van der Waals surface area contributed by atoms with Gasteiger partial charge in [-0.2, -0.15) is 0 Å². The van der Waals surface area contributed by atoms with Crippen molar-refractivity contribution < 1.29 is 0 Å². The van der Waals surface area contributed by atoms with Crippen LogP contribution in [0.25, 0.3) is 0 Å². The summed E-state index contributed by atoms with van der Waals surface area (Å²) in [6, 6.07) is 0.611. The van der Waals surface area contributed by atoms with Crippen LogP contribution < -0.4 is 11.1 Å². The van der Waals surface area contributed by atoms with Gasteiger partial charge in [0.05, 0.1) is 11.9 Å². The van der Waals surface area contributed by atoms with Crippen molar-refractivity contribution in [2.45, 2.75) is 25.8 Å². The molecule has 2 heterocycles. The summed E-state index contributed by atoms with van der Waals surface area (Å²) in [6.45, 7) is 5.44. The third kappa shape index (κ3) is 2.41. The number of nitrogens with one attached hydrogen (secondary N) is 1. The van der Waals surface area contributed by atoms with Crippen LogP contribution in [0.2, 0.25) is 0 Å². The number of nitrogens with zero attached hydrogens (tertiary/aromatic N) is 3. The summed E-state index contributed by atoms with van der Waals surface area (Å²) in [4.78, 5) is 10.5. The molecule has 0 saturated carbocycles. The zero-order valence-corrected chi connectivity index (χ0v) is 9.69. The summed E-state index contributed by atoms with van der Waals surface area (Å²) in [7, 11) is 0. The van der Waals surface area contributed by atoms with Gasteiger partial charge in [0, 0.05) is 12.6 Å². The highest BCUT2D eigenvalue weighted by molar-refractivity contribution is 5.58.